The topological polar surface area (TPSA) is 118 Å². The number of halogens is 1. The van der Waals surface area contributed by atoms with Crippen molar-refractivity contribution in [1.29, 1.82) is 0 Å². The summed E-state index contributed by atoms with van der Waals surface area (Å²) in [5, 5.41) is 11.3. The minimum Gasteiger partial charge on any atom is -0.352 e. The number of nitrogens with two attached hydrogens (primary N) is 1. The summed E-state index contributed by atoms with van der Waals surface area (Å²) in [5.74, 6) is 1.10. The van der Waals surface area contributed by atoms with E-state index in [0.717, 1.165) is 12.3 Å². The molecule has 4 rings (SSSR count). The van der Waals surface area contributed by atoms with Gasteiger partial charge in [0.2, 0.25) is 15.9 Å². The van der Waals surface area contributed by atoms with E-state index in [1.54, 1.807) is 24.3 Å². The summed E-state index contributed by atoms with van der Waals surface area (Å²) in [6, 6.07) is 11.0. The van der Waals surface area contributed by atoms with Crippen LogP contribution >= 0.6 is 11.6 Å². The molecule has 2 fully saturated rings. The molecule has 164 valence electrons. The molecule has 3 atom stereocenters. The van der Waals surface area contributed by atoms with Gasteiger partial charge in [-0.2, -0.15) is 0 Å². The summed E-state index contributed by atoms with van der Waals surface area (Å²) in [7, 11) is -4.17. The van der Waals surface area contributed by atoms with Gasteiger partial charge in [-0.1, -0.05) is 29.8 Å². The number of rotatable bonds is 7. The van der Waals surface area contributed by atoms with E-state index in [4.69, 9.17) is 16.7 Å². The zero-order valence-electron chi connectivity index (χ0n) is 16.8. The molecule has 2 amide bonds. The second kappa shape index (κ2) is 8.61. The number of sulfonamides is 1. The summed E-state index contributed by atoms with van der Waals surface area (Å²) in [5.41, 5.74) is 0.846. The highest BCUT2D eigenvalue weighted by Crippen LogP contribution is 2.53. The standard InChI is InChI=1S/C22H24ClN3O4S/c23-19-4-2-1-3-14(19)10-21(27)26-16-6-8-18(20(11-16)31(24,29)30)22(28)25-12-15-9-13-5-7-17(13)15/h1-4,6,8,11,13,15,17H,5,7,9-10,12H2,(H,25,28)(H,26,27)(H2,24,29,30)/t13-,15+,17?/m1/s1. The first kappa shape index (κ1) is 21.8. The van der Waals surface area contributed by atoms with Crippen molar-refractivity contribution in [2.24, 2.45) is 22.9 Å². The van der Waals surface area contributed by atoms with E-state index in [1.807, 2.05) is 0 Å². The van der Waals surface area contributed by atoms with Crippen LogP contribution in [0.2, 0.25) is 5.02 Å². The third kappa shape index (κ3) is 4.76. The highest BCUT2D eigenvalue weighted by Gasteiger charge is 2.46. The quantitative estimate of drug-likeness (QED) is 0.587. The lowest BCUT2D eigenvalue weighted by molar-refractivity contribution is -0.115. The minimum absolute atomic E-state index is 0.0240. The third-order valence-corrected chi connectivity index (χ3v) is 7.66. The molecule has 31 heavy (non-hydrogen) atoms. The van der Waals surface area contributed by atoms with E-state index in [1.165, 1.54) is 31.0 Å². The van der Waals surface area contributed by atoms with Gasteiger partial charge in [0.1, 0.15) is 0 Å². The van der Waals surface area contributed by atoms with Crippen LogP contribution in [0.4, 0.5) is 5.69 Å². The summed E-state index contributed by atoms with van der Waals surface area (Å²) >= 11 is 6.08. The second-order valence-corrected chi connectivity index (χ2v) is 10.2. The largest absolute Gasteiger partial charge is 0.352 e. The fraction of sp³-hybridized carbons (Fsp3) is 0.364. The molecule has 0 bridgehead atoms. The molecular weight excluding hydrogens is 438 g/mol. The Kier molecular flexibility index (Phi) is 6.05. The zero-order chi connectivity index (χ0) is 22.2. The van der Waals surface area contributed by atoms with Crippen LogP contribution in [0.5, 0.6) is 0 Å². The van der Waals surface area contributed by atoms with Crippen molar-refractivity contribution in [2.75, 3.05) is 11.9 Å². The van der Waals surface area contributed by atoms with Crippen LogP contribution in [0.15, 0.2) is 47.4 Å². The second-order valence-electron chi connectivity index (χ2n) is 8.28. The van der Waals surface area contributed by atoms with Crippen LogP contribution in [0.25, 0.3) is 0 Å². The summed E-state index contributed by atoms with van der Waals surface area (Å²) in [6.45, 7) is 0.528. The zero-order valence-corrected chi connectivity index (χ0v) is 18.4. The highest BCUT2D eigenvalue weighted by atomic mass is 35.5. The van der Waals surface area contributed by atoms with Crippen LogP contribution in [0, 0.1) is 17.8 Å². The molecule has 1 unspecified atom stereocenters. The molecule has 0 saturated heterocycles. The van der Waals surface area contributed by atoms with Crippen molar-refractivity contribution in [1.82, 2.24) is 5.32 Å². The van der Waals surface area contributed by atoms with Crippen LogP contribution in [0.1, 0.15) is 35.2 Å². The van der Waals surface area contributed by atoms with Crippen molar-refractivity contribution < 1.29 is 18.0 Å². The van der Waals surface area contributed by atoms with Gasteiger partial charge in [0.25, 0.3) is 5.91 Å². The van der Waals surface area contributed by atoms with Crippen molar-refractivity contribution >= 4 is 39.1 Å². The van der Waals surface area contributed by atoms with Crippen molar-refractivity contribution in [2.45, 2.75) is 30.6 Å². The Hall–Kier alpha value is -2.42. The molecule has 2 aliphatic rings. The van der Waals surface area contributed by atoms with E-state index in [9.17, 15) is 18.0 Å². The highest BCUT2D eigenvalue weighted by molar-refractivity contribution is 7.89. The number of carbonyl (C=O) groups excluding carboxylic acids is 2. The molecule has 2 aromatic rings. The summed E-state index contributed by atoms with van der Waals surface area (Å²) in [4.78, 5) is 24.7. The van der Waals surface area contributed by atoms with Gasteiger partial charge in [-0.3, -0.25) is 9.59 Å². The number of amides is 2. The van der Waals surface area contributed by atoms with E-state index >= 15 is 0 Å². The fourth-order valence-corrected chi connectivity index (χ4v) is 5.43. The SMILES string of the molecule is NS(=O)(=O)c1cc(NC(=O)Cc2ccccc2Cl)ccc1C(=O)NC[C@@H]1C[C@H]2CCC21. The normalized spacial score (nSPS) is 21.9. The van der Waals surface area contributed by atoms with Crippen LogP contribution in [0.3, 0.4) is 0 Å². The first-order valence-electron chi connectivity index (χ1n) is 10.2. The molecule has 2 saturated carbocycles. The van der Waals surface area contributed by atoms with Crippen LogP contribution in [-0.2, 0) is 21.2 Å². The molecule has 4 N–H and O–H groups in total. The number of carbonyl (C=O) groups is 2. The Morgan fingerprint density at radius 2 is 1.90 bits per heavy atom. The maximum absolute atomic E-state index is 12.6. The van der Waals surface area contributed by atoms with Crippen molar-refractivity contribution in [3.8, 4) is 0 Å². The Morgan fingerprint density at radius 1 is 1.13 bits per heavy atom. The molecular formula is C22H24ClN3O4S. The molecule has 9 heteroatoms. The smallest absolute Gasteiger partial charge is 0.252 e. The molecule has 0 aliphatic heterocycles. The molecule has 2 aliphatic carbocycles. The molecule has 0 aromatic heterocycles. The Balaban J connectivity index is 1.45. The Labute approximate surface area is 186 Å². The number of fused-ring (bicyclic) bond motifs is 1. The number of benzene rings is 2. The first-order chi connectivity index (χ1) is 14.7. The van der Waals surface area contributed by atoms with E-state index in [0.29, 0.717) is 29.0 Å². The molecule has 0 heterocycles. The van der Waals surface area contributed by atoms with Gasteiger partial charge in [-0.15, -0.1) is 0 Å². The average molecular weight is 462 g/mol. The predicted molar refractivity (Wildman–Crippen MR) is 118 cm³/mol. The van der Waals surface area contributed by atoms with Gasteiger partial charge in [-0.25, -0.2) is 13.6 Å². The number of hydrogen-bond acceptors (Lipinski definition) is 4. The molecule has 0 spiro atoms. The van der Waals surface area contributed by atoms with Gasteiger partial charge in [0.05, 0.1) is 16.9 Å². The van der Waals surface area contributed by atoms with E-state index < -0.39 is 15.9 Å². The number of hydrogen-bond donors (Lipinski definition) is 3. The maximum Gasteiger partial charge on any atom is 0.252 e. The van der Waals surface area contributed by atoms with Gasteiger partial charge in [0.15, 0.2) is 0 Å². The van der Waals surface area contributed by atoms with E-state index in [2.05, 4.69) is 10.6 Å². The fourth-order valence-electron chi connectivity index (χ4n) is 4.47. The van der Waals surface area contributed by atoms with Crippen molar-refractivity contribution in [3.05, 3.63) is 58.6 Å². The van der Waals surface area contributed by atoms with Gasteiger partial charge in [0, 0.05) is 17.3 Å². The van der Waals surface area contributed by atoms with E-state index in [-0.39, 0.29) is 28.5 Å². The van der Waals surface area contributed by atoms with Crippen molar-refractivity contribution in [3.63, 3.8) is 0 Å². The Bertz CT molecular complexity index is 1140. The maximum atomic E-state index is 12.6. The number of nitrogens with one attached hydrogen (secondary N) is 2. The minimum atomic E-state index is -4.17. The lowest BCUT2D eigenvalue weighted by Crippen LogP contribution is -2.49. The molecule has 0 radical (unpaired) electrons. The summed E-state index contributed by atoms with van der Waals surface area (Å²) < 4.78 is 24.2. The van der Waals surface area contributed by atoms with Gasteiger partial charge < -0.3 is 10.6 Å². The lowest BCUT2D eigenvalue weighted by Gasteiger charge is -2.53. The monoisotopic (exact) mass is 461 g/mol. The van der Waals surface area contributed by atoms with Crippen LogP contribution in [-0.4, -0.2) is 26.8 Å². The Morgan fingerprint density at radius 3 is 2.52 bits per heavy atom. The summed E-state index contributed by atoms with van der Waals surface area (Å²) in [6.07, 6.45) is 3.62. The van der Waals surface area contributed by atoms with Crippen LogP contribution < -0.4 is 15.8 Å². The number of anilines is 1. The number of primary sulfonamides is 1. The predicted octanol–water partition coefficient (Wildman–Crippen LogP) is 2.94. The molecule has 7 nitrogen and oxygen atoms in total. The third-order valence-electron chi connectivity index (χ3n) is 6.34. The lowest BCUT2D eigenvalue weighted by atomic mass is 9.53. The van der Waals surface area contributed by atoms with Gasteiger partial charge in [-0.05, 0) is 66.8 Å². The first-order valence-corrected chi connectivity index (χ1v) is 12.1. The molecule has 2 aromatic carbocycles. The average Bonchev–Trinajstić information content (AvgIpc) is 2.69. The van der Waals surface area contributed by atoms with Gasteiger partial charge >= 0.3 is 0 Å².